The Bertz CT molecular complexity index is 767. The second-order valence-corrected chi connectivity index (χ2v) is 6.15. The van der Waals surface area contributed by atoms with Crippen LogP contribution in [0.15, 0.2) is 47.5 Å². The van der Waals surface area contributed by atoms with Crippen LogP contribution in [0.3, 0.4) is 0 Å². The van der Waals surface area contributed by atoms with Crippen LogP contribution in [0.1, 0.15) is 12.5 Å². The van der Waals surface area contributed by atoms with Crippen molar-refractivity contribution in [1.29, 1.82) is 0 Å². The highest BCUT2D eigenvalue weighted by atomic mass is 79.9. The molecule has 0 aliphatic carbocycles. The van der Waals surface area contributed by atoms with E-state index in [4.69, 9.17) is 0 Å². The zero-order valence-electron chi connectivity index (χ0n) is 11.4. The van der Waals surface area contributed by atoms with Gasteiger partial charge in [0.1, 0.15) is 0 Å². The number of hydrogen-bond donors (Lipinski definition) is 0. The van der Waals surface area contributed by atoms with Gasteiger partial charge in [-0.3, -0.25) is 0 Å². The summed E-state index contributed by atoms with van der Waals surface area (Å²) >= 11 is 3.37. The molecule has 1 saturated heterocycles. The van der Waals surface area contributed by atoms with Crippen molar-refractivity contribution in [3.63, 3.8) is 0 Å². The second kappa shape index (κ2) is 5.11. The van der Waals surface area contributed by atoms with Gasteiger partial charge in [0.25, 0.3) is 0 Å². The van der Waals surface area contributed by atoms with E-state index >= 15 is 0 Å². The molecule has 6 heteroatoms. The van der Waals surface area contributed by atoms with Crippen LogP contribution in [-0.4, -0.2) is 32.6 Å². The molecule has 0 bridgehead atoms. The van der Waals surface area contributed by atoms with Crippen LogP contribution in [0.5, 0.6) is 0 Å². The van der Waals surface area contributed by atoms with Crippen LogP contribution in [0, 0.1) is 0 Å². The van der Waals surface area contributed by atoms with Crippen molar-refractivity contribution in [2.24, 2.45) is 0 Å². The summed E-state index contributed by atoms with van der Waals surface area (Å²) in [7, 11) is 0. The van der Waals surface area contributed by atoms with Gasteiger partial charge in [0.2, 0.25) is 5.95 Å². The van der Waals surface area contributed by atoms with Gasteiger partial charge in [0.15, 0.2) is 0 Å². The van der Waals surface area contributed by atoms with Gasteiger partial charge in [-0.2, -0.15) is 0 Å². The predicted molar refractivity (Wildman–Crippen MR) is 85.3 cm³/mol. The van der Waals surface area contributed by atoms with E-state index in [9.17, 15) is 0 Å². The monoisotopic (exact) mass is 343 g/mol. The first kappa shape index (κ1) is 12.8. The van der Waals surface area contributed by atoms with Crippen molar-refractivity contribution in [2.45, 2.75) is 12.5 Å². The average Bonchev–Trinajstić information content (AvgIpc) is 3.14. The largest absolute Gasteiger partial charge is 0.339 e. The third-order valence-electron chi connectivity index (χ3n) is 3.93. The van der Waals surface area contributed by atoms with Gasteiger partial charge in [-0.15, -0.1) is 0 Å². The summed E-state index contributed by atoms with van der Waals surface area (Å²) in [6, 6.07) is 8.68. The second-order valence-electron chi connectivity index (χ2n) is 5.23. The SMILES string of the molecule is Brc1cnc(N2CC[C@H](n3cnc4ccccc43)C2)nc1. The molecule has 5 nitrogen and oxygen atoms in total. The highest BCUT2D eigenvalue weighted by Gasteiger charge is 2.26. The van der Waals surface area contributed by atoms with Crippen molar-refractivity contribution in [1.82, 2.24) is 19.5 Å². The predicted octanol–water partition coefficient (Wildman–Crippen LogP) is 3.04. The molecule has 3 heterocycles. The molecule has 1 aliphatic heterocycles. The van der Waals surface area contributed by atoms with Crippen LogP contribution in [-0.2, 0) is 0 Å². The van der Waals surface area contributed by atoms with E-state index in [-0.39, 0.29) is 0 Å². The molecule has 0 saturated carbocycles. The number of para-hydroxylation sites is 2. The molecule has 0 N–H and O–H groups in total. The lowest BCUT2D eigenvalue weighted by molar-refractivity contribution is 0.566. The van der Waals surface area contributed by atoms with Crippen LogP contribution in [0.25, 0.3) is 11.0 Å². The Hall–Kier alpha value is -1.95. The Morgan fingerprint density at radius 1 is 1.10 bits per heavy atom. The molecule has 4 rings (SSSR count). The summed E-state index contributed by atoms with van der Waals surface area (Å²) in [6.07, 6.45) is 6.62. The van der Waals surface area contributed by atoms with Crippen molar-refractivity contribution in [3.05, 3.63) is 47.5 Å². The summed E-state index contributed by atoms with van der Waals surface area (Å²) in [5.74, 6) is 0.796. The fourth-order valence-corrected chi connectivity index (χ4v) is 3.09. The van der Waals surface area contributed by atoms with Crippen molar-refractivity contribution < 1.29 is 0 Å². The first-order valence-electron chi connectivity index (χ1n) is 6.95. The molecule has 21 heavy (non-hydrogen) atoms. The zero-order valence-corrected chi connectivity index (χ0v) is 12.9. The Balaban J connectivity index is 1.60. The van der Waals surface area contributed by atoms with E-state index in [1.54, 1.807) is 12.4 Å². The first-order valence-corrected chi connectivity index (χ1v) is 7.74. The molecule has 1 aromatic carbocycles. The molecule has 1 aliphatic rings. The third-order valence-corrected chi connectivity index (χ3v) is 4.34. The summed E-state index contributed by atoms with van der Waals surface area (Å²) < 4.78 is 3.18. The number of imidazole rings is 1. The van der Waals surface area contributed by atoms with Crippen molar-refractivity contribution in [2.75, 3.05) is 18.0 Å². The van der Waals surface area contributed by atoms with Crippen LogP contribution < -0.4 is 4.90 Å². The zero-order chi connectivity index (χ0) is 14.2. The topological polar surface area (TPSA) is 46.8 Å². The maximum Gasteiger partial charge on any atom is 0.225 e. The lowest BCUT2D eigenvalue weighted by Gasteiger charge is -2.17. The summed E-state index contributed by atoms with van der Waals surface area (Å²) in [5, 5.41) is 0. The molecule has 0 unspecified atom stereocenters. The highest BCUT2D eigenvalue weighted by Crippen LogP contribution is 2.27. The van der Waals surface area contributed by atoms with Gasteiger partial charge < -0.3 is 9.47 Å². The number of benzene rings is 1. The molecule has 2 aromatic heterocycles. The summed E-state index contributed by atoms with van der Waals surface area (Å²) in [4.78, 5) is 15.5. The Morgan fingerprint density at radius 2 is 1.90 bits per heavy atom. The lowest BCUT2D eigenvalue weighted by Crippen LogP contribution is -2.22. The molecule has 1 atom stereocenters. The van der Waals surface area contributed by atoms with Gasteiger partial charge in [-0.25, -0.2) is 15.0 Å². The van der Waals surface area contributed by atoms with Gasteiger partial charge in [0.05, 0.1) is 27.9 Å². The number of rotatable bonds is 2. The lowest BCUT2D eigenvalue weighted by atomic mass is 10.2. The minimum Gasteiger partial charge on any atom is -0.339 e. The van der Waals surface area contributed by atoms with Gasteiger partial charge in [-0.1, -0.05) is 12.1 Å². The molecule has 0 radical (unpaired) electrons. The van der Waals surface area contributed by atoms with Crippen LogP contribution in [0.4, 0.5) is 5.95 Å². The first-order chi connectivity index (χ1) is 10.3. The molecule has 1 fully saturated rings. The van der Waals surface area contributed by atoms with Gasteiger partial charge in [0, 0.05) is 25.5 Å². The van der Waals surface area contributed by atoms with E-state index in [1.165, 1.54) is 5.52 Å². The maximum atomic E-state index is 4.48. The summed E-state index contributed by atoms with van der Waals surface area (Å²) in [6.45, 7) is 1.89. The van der Waals surface area contributed by atoms with Crippen LogP contribution >= 0.6 is 15.9 Å². The molecule has 0 amide bonds. The molecule has 0 spiro atoms. The summed E-state index contributed by atoms with van der Waals surface area (Å²) in [5.41, 5.74) is 2.25. The number of anilines is 1. The van der Waals surface area contributed by atoms with E-state index in [0.29, 0.717) is 6.04 Å². The van der Waals surface area contributed by atoms with Crippen molar-refractivity contribution in [3.8, 4) is 0 Å². The molecular formula is C15H14BrN5. The maximum absolute atomic E-state index is 4.48. The average molecular weight is 344 g/mol. The number of halogens is 1. The van der Waals surface area contributed by atoms with E-state index < -0.39 is 0 Å². The smallest absolute Gasteiger partial charge is 0.225 e. The molecule has 106 valence electrons. The number of hydrogen-bond acceptors (Lipinski definition) is 4. The Labute approximate surface area is 130 Å². The normalized spacial score (nSPS) is 18.5. The van der Waals surface area contributed by atoms with Gasteiger partial charge >= 0.3 is 0 Å². The fourth-order valence-electron chi connectivity index (χ4n) is 2.89. The quantitative estimate of drug-likeness (QED) is 0.717. The van der Waals surface area contributed by atoms with Gasteiger partial charge in [-0.05, 0) is 34.5 Å². The Kier molecular flexibility index (Phi) is 3.11. The van der Waals surface area contributed by atoms with E-state index in [1.807, 2.05) is 12.4 Å². The Morgan fingerprint density at radius 3 is 2.76 bits per heavy atom. The number of nitrogens with zero attached hydrogens (tertiary/aromatic N) is 5. The molecular weight excluding hydrogens is 330 g/mol. The standard InChI is InChI=1S/C15H14BrN5/c16-11-7-17-15(18-8-11)20-6-5-12(9-20)21-10-19-13-3-1-2-4-14(13)21/h1-4,7-8,10,12H,5-6,9H2/t12-/m0/s1. The van der Waals surface area contributed by atoms with E-state index in [0.717, 1.165) is 35.4 Å². The van der Waals surface area contributed by atoms with E-state index in [2.05, 4.69) is 58.5 Å². The van der Waals surface area contributed by atoms with Crippen LogP contribution in [0.2, 0.25) is 0 Å². The minimum absolute atomic E-state index is 0.421. The van der Waals surface area contributed by atoms with Crippen molar-refractivity contribution >= 4 is 32.9 Å². The highest BCUT2D eigenvalue weighted by molar-refractivity contribution is 9.10. The fraction of sp³-hybridized carbons (Fsp3) is 0.267. The minimum atomic E-state index is 0.421. The molecule has 3 aromatic rings. The number of fused-ring (bicyclic) bond motifs is 1. The third kappa shape index (κ3) is 2.29. The number of aromatic nitrogens is 4.